The summed E-state index contributed by atoms with van der Waals surface area (Å²) in [5.74, 6) is 1.63. The molecule has 1 saturated carbocycles. The largest absolute Gasteiger partial charge is 0.385 e. The van der Waals surface area contributed by atoms with E-state index >= 15 is 0 Å². The van der Waals surface area contributed by atoms with Crippen LogP contribution in [0.5, 0.6) is 0 Å². The predicted octanol–water partition coefficient (Wildman–Crippen LogP) is 5.50. The number of allylic oxidation sites excluding steroid dienone is 1. The van der Waals surface area contributed by atoms with E-state index in [1.54, 1.807) is 0 Å². The van der Waals surface area contributed by atoms with Gasteiger partial charge in [-0.15, -0.1) is 0 Å². The smallest absolute Gasteiger partial charge is 0.0340 e. The minimum absolute atomic E-state index is 0.733. The van der Waals surface area contributed by atoms with E-state index in [0.717, 1.165) is 29.7 Å². The molecule has 0 heterocycles. The van der Waals surface area contributed by atoms with Crippen molar-refractivity contribution in [3.8, 4) is 0 Å². The zero-order valence-electron chi connectivity index (χ0n) is 13.6. The first kappa shape index (κ1) is 15.9. The molecule has 0 spiro atoms. The van der Waals surface area contributed by atoms with Gasteiger partial charge in [0.25, 0.3) is 0 Å². The second-order valence-corrected chi connectivity index (χ2v) is 6.59. The summed E-state index contributed by atoms with van der Waals surface area (Å²) in [6.07, 6.45) is 7.07. The quantitative estimate of drug-likeness (QED) is 0.727. The molecular formula is C20H29N. The predicted molar refractivity (Wildman–Crippen MR) is 93.9 cm³/mol. The molecule has 114 valence electrons. The number of nitrogens with one attached hydrogen (secondary N) is 1. The van der Waals surface area contributed by atoms with Gasteiger partial charge in [-0.1, -0.05) is 82.0 Å². The molecule has 0 amide bonds. The lowest BCUT2D eigenvalue weighted by molar-refractivity contribution is 0.263. The van der Waals surface area contributed by atoms with Crippen molar-refractivity contribution in [3.63, 3.8) is 0 Å². The van der Waals surface area contributed by atoms with Crippen LogP contribution in [0.15, 0.2) is 37.4 Å². The van der Waals surface area contributed by atoms with Crippen molar-refractivity contribution in [1.29, 1.82) is 0 Å². The van der Waals surface area contributed by atoms with Crippen molar-refractivity contribution in [2.24, 2.45) is 11.8 Å². The Morgan fingerprint density at radius 3 is 2.24 bits per heavy atom. The third kappa shape index (κ3) is 4.49. The van der Waals surface area contributed by atoms with Crippen LogP contribution < -0.4 is 5.32 Å². The molecule has 1 atom stereocenters. The average Bonchev–Trinajstić information content (AvgIpc) is 2.53. The lowest BCUT2D eigenvalue weighted by Gasteiger charge is -2.28. The van der Waals surface area contributed by atoms with Crippen LogP contribution in [0.2, 0.25) is 0 Å². The first-order valence-corrected chi connectivity index (χ1v) is 8.27. The molecule has 0 bridgehead atoms. The molecule has 0 aromatic heterocycles. The first-order valence-electron chi connectivity index (χ1n) is 8.27. The highest BCUT2D eigenvalue weighted by atomic mass is 14.9. The van der Waals surface area contributed by atoms with Gasteiger partial charge < -0.3 is 5.32 Å². The van der Waals surface area contributed by atoms with Gasteiger partial charge in [-0.3, -0.25) is 0 Å². The van der Waals surface area contributed by atoms with E-state index in [9.17, 15) is 0 Å². The van der Waals surface area contributed by atoms with Gasteiger partial charge in [0.2, 0.25) is 0 Å². The fourth-order valence-electron chi connectivity index (χ4n) is 3.21. The summed E-state index contributed by atoms with van der Waals surface area (Å²) >= 11 is 0. The molecule has 1 aromatic carbocycles. The SMILES string of the molecule is C=C(C)c1ccc(C(=C)NCC(C)C2CCCCC2)cc1. The van der Waals surface area contributed by atoms with Crippen molar-refractivity contribution in [3.05, 3.63) is 48.6 Å². The van der Waals surface area contributed by atoms with Gasteiger partial charge in [-0.05, 0) is 29.9 Å². The Kier molecular flexibility index (Phi) is 5.67. The summed E-state index contributed by atoms with van der Waals surface area (Å²) < 4.78 is 0. The highest BCUT2D eigenvalue weighted by Gasteiger charge is 2.19. The third-order valence-electron chi connectivity index (χ3n) is 4.82. The van der Waals surface area contributed by atoms with Gasteiger partial charge in [-0.2, -0.15) is 0 Å². The summed E-state index contributed by atoms with van der Waals surface area (Å²) in [5, 5.41) is 3.53. The zero-order chi connectivity index (χ0) is 15.2. The Morgan fingerprint density at radius 1 is 1.10 bits per heavy atom. The second kappa shape index (κ2) is 7.49. The Bertz CT molecular complexity index is 477. The van der Waals surface area contributed by atoms with Crippen molar-refractivity contribution in [1.82, 2.24) is 5.32 Å². The van der Waals surface area contributed by atoms with Crippen LogP contribution in [0.1, 0.15) is 57.1 Å². The Balaban J connectivity index is 1.84. The monoisotopic (exact) mass is 283 g/mol. The van der Waals surface area contributed by atoms with E-state index in [-0.39, 0.29) is 0 Å². The summed E-state index contributed by atoms with van der Waals surface area (Å²) in [4.78, 5) is 0. The molecule has 0 saturated heterocycles. The van der Waals surface area contributed by atoms with Crippen LogP contribution in [-0.4, -0.2) is 6.54 Å². The lowest BCUT2D eigenvalue weighted by Crippen LogP contribution is -2.26. The molecule has 2 rings (SSSR count). The Hall–Kier alpha value is -1.50. The van der Waals surface area contributed by atoms with E-state index in [0.29, 0.717) is 0 Å². The topological polar surface area (TPSA) is 12.0 Å². The zero-order valence-corrected chi connectivity index (χ0v) is 13.6. The Morgan fingerprint density at radius 2 is 1.67 bits per heavy atom. The molecule has 1 heteroatoms. The highest BCUT2D eigenvalue weighted by Crippen LogP contribution is 2.29. The Labute approximate surface area is 130 Å². The number of hydrogen-bond donors (Lipinski definition) is 1. The molecule has 1 aliphatic carbocycles. The molecule has 0 aliphatic heterocycles. The maximum absolute atomic E-state index is 4.18. The molecule has 1 aromatic rings. The number of hydrogen-bond acceptors (Lipinski definition) is 1. The van der Waals surface area contributed by atoms with Gasteiger partial charge in [0.05, 0.1) is 0 Å². The van der Waals surface area contributed by atoms with Crippen LogP contribution in [0.25, 0.3) is 11.3 Å². The van der Waals surface area contributed by atoms with Gasteiger partial charge in [-0.25, -0.2) is 0 Å². The van der Waals surface area contributed by atoms with Gasteiger partial charge >= 0.3 is 0 Å². The fraction of sp³-hybridized carbons (Fsp3) is 0.500. The van der Waals surface area contributed by atoms with E-state index in [1.807, 2.05) is 6.92 Å². The molecular weight excluding hydrogens is 254 g/mol. The maximum atomic E-state index is 4.18. The van der Waals surface area contributed by atoms with Crippen molar-refractivity contribution in [2.75, 3.05) is 6.54 Å². The maximum Gasteiger partial charge on any atom is 0.0340 e. The standard InChI is InChI=1S/C20H29N/c1-15(2)18-10-12-20(13-11-18)17(4)21-14-16(3)19-8-6-5-7-9-19/h10-13,16,19,21H,1,4-9,14H2,2-3H3. The lowest BCUT2D eigenvalue weighted by atomic mass is 9.81. The van der Waals surface area contributed by atoms with E-state index in [1.165, 1.54) is 43.2 Å². The van der Waals surface area contributed by atoms with E-state index in [2.05, 4.69) is 49.7 Å². The van der Waals surface area contributed by atoms with Crippen LogP contribution >= 0.6 is 0 Å². The summed E-state index contributed by atoms with van der Waals surface area (Å²) in [7, 11) is 0. The first-order chi connectivity index (χ1) is 10.1. The van der Waals surface area contributed by atoms with Crippen LogP contribution in [0, 0.1) is 11.8 Å². The summed E-state index contributed by atoms with van der Waals surface area (Å²) in [6.45, 7) is 13.6. The fourth-order valence-corrected chi connectivity index (χ4v) is 3.21. The molecule has 21 heavy (non-hydrogen) atoms. The van der Waals surface area contributed by atoms with E-state index < -0.39 is 0 Å². The third-order valence-corrected chi connectivity index (χ3v) is 4.82. The normalized spacial score (nSPS) is 17.2. The molecule has 1 aliphatic rings. The highest BCUT2D eigenvalue weighted by molar-refractivity contribution is 5.66. The minimum Gasteiger partial charge on any atom is -0.385 e. The molecule has 0 radical (unpaired) electrons. The van der Waals surface area contributed by atoms with Crippen LogP contribution in [0.4, 0.5) is 0 Å². The van der Waals surface area contributed by atoms with Crippen molar-refractivity contribution < 1.29 is 0 Å². The van der Waals surface area contributed by atoms with Crippen molar-refractivity contribution in [2.45, 2.75) is 46.0 Å². The molecule has 1 nitrogen and oxygen atoms in total. The van der Waals surface area contributed by atoms with Gasteiger partial charge in [0.1, 0.15) is 0 Å². The minimum atomic E-state index is 0.733. The molecule has 1 unspecified atom stereocenters. The average molecular weight is 283 g/mol. The van der Waals surface area contributed by atoms with E-state index in [4.69, 9.17) is 0 Å². The van der Waals surface area contributed by atoms with Crippen molar-refractivity contribution >= 4 is 11.3 Å². The van der Waals surface area contributed by atoms with Gasteiger partial charge in [0.15, 0.2) is 0 Å². The van der Waals surface area contributed by atoms with Crippen LogP contribution in [0.3, 0.4) is 0 Å². The summed E-state index contributed by atoms with van der Waals surface area (Å²) in [5.41, 5.74) is 4.51. The number of benzene rings is 1. The second-order valence-electron chi connectivity index (χ2n) is 6.59. The molecule has 1 N–H and O–H groups in total. The number of rotatable bonds is 6. The van der Waals surface area contributed by atoms with Gasteiger partial charge in [0, 0.05) is 12.2 Å². The summed E-state index contributed by atoms with van der Waals surface area (Å²) in [6, 6.07) is 8.50. The molecule has 1 fully saturated rings. The van der Waals surface area contributed by atoms with Crippen LogP contribution in [-0.2, 0) is 0 Å².